The lowest BCUT2D eigenvalue weighted by molar-refractivity contribution is -0.144. The number of carbonyl (C=O) groups excluding carboxylic acids is 1. The molecule has 0 aromatic heterocycles. The molecule has 0 saturated heterocycles. The molecule has 0 saturated carbocycles. The summed E-state index contributed by atoms with van der Waals surface area (Å²) in [5, 5.41) is 8.73. The Kier molecular flexibility index (Phi) is 6.55. The maximum atomic E-state index is 11.9. The molecule has 0 spiro atoms. The zero-order valence-corrected chi connectivity index (χ0v) is 13.6. The maximum absolute atomic E-state index is 11.9. The number of rotatable bonds is 8. The third-order valence-electron chi connectivity index (χ3n) is 3.35. The van der Waals surface area contributed by atoms with E-state index in [1.54, 1.807) is 26.0 Å². The Hall–Kier alpha value is -1.89. The third-order valence-corrected chi connectivity index (χ3v) is 5.10. The van der Waals surface area contributed by atoms with Gasteiger partial charge in [0.2, 0.25) is 5.91 Å². The van der Waals surface area contributed by atoms with Crippen molar-refractivity contribution in [2.24, 2.45) is 0 Å². The number of nitrogens with zero attached hydrogens (tertiary/aromatic N) is 1. The van der Waals surface area contributed by atoms with Gasteiger partial charge in [0, 0.05) is 13.0 Å². The number of hydrogen-bond acceptors (Lipinski definition) is 4. The molecule has 122 valence electrons. The molecule has 0 aliphatic heterocycles. The first-order valence-corrected chi connectivity index (χ1v) is 8.76. The smallest absolute Gasteiger partial charge is 0.323 e. The number of carboxylic acids is 1. The fraction of sp³-hybridized carbons (Fsp3) is 0.467. The van der Waals surface area contributed by atoms with Crippen molar-refractivity contribution >= 4 is 21.7 Å². The molecule has 7 heteroatoms. The molecule has 0 unspecified atom stereocenters. The number of likely N-dealkylation sites (N-methyl/N-ethyl adjacent to an activating group) is 1. The van der Waals surface area contributed by atoms with Gasteiger partial charge in [0.25, 0.3) is 0 Å². The Morgan fingerprint density at radius 1 is 1.14 bits per heavy atom. The third kappa shape index (κ3) is 5.14. The summed E-state index contributed by atoms with van der Waals surface area (Å²) >= 11 is 0. The van der Waals surface area contributed by atoms with Crippen LogP contribution in [0.2, 0.25) is 0 Å². The van der Waals surface area contributed by atoms with Crippen molar-refractivity contribution in [1.29, 1.82) is 0 Å². The largest absolute Gasteiger partial charge is 0.480 e. The first-order valence-electron chi connectivity index (χ1n) is 7.11. The predicted octanol–water partition coefficient (Wildman–Crippen LogP) is 1.35. The summed E-state index contributed by atoms with van der Waals surface area (Å²) in [4.78, 5) is 24.1. The molecule has 0 aliphatic rings. The topological polar surface area (TPSA) is 91.8 Å². The van der Waals surface area contributed by atoms with Crippen molar-refractivity contribution in [2.75, 3.05) is 18.8 Å². The highest BCUT2D eigenvalue weighted by atomic mass is 32.2. The molecular formula is C15H21NO5S. The minimum atomic E-state index is -3.22. The van der Waals surface area contributed by atoms with E-state index in [0.717, 1.165) is 5.56 Å². The first-order chi connectivity index (χ1) is 10.3. The van der Waals surface area contributed by atoms with Crippen LogP contribution in [0.1, 0.15) is 25.8 Å². The van der Waals surface area contributed by atoms with Gasteiger partial charge in [-0.05, 0) is 31.0 Å². The van der Waals surface area contributed by atoms with Gasteiger partial charge in [0.1, 0.15) is 6.54 Å². The van der Waals surface area contributed by atoms with E-state index in [0.29, 0.717) is 13.0 Å². The molecule has 0 aliphatic carbocycles. The van der Waals surface area contributed by atoms with Crippen molar-refractivity contribution in [3.8, 4) is 0 Å². The number of hydrogen-bond donors (Lipinski definition) is 1. The molecule has 0 fully saturated rings. The normalized spacial score (nSPS) is 11.2. The van der Waals surface area contributed by atoms with Crippen molar-refractivity contribution in [1.82, 2.24) is 4.90 Å². The van der Waals surface area contributed by atoms with E-state index in [1.165, 1.54) is 17.0 Å². The van der Waals surface area contributed by atoms with E-state index in [9.17, 15) is 18.0 Å². The summed E-state index contributed by atoms with van der Waals surface area (Å²) < 4.78 is 23.4. The Bertz CT molecular complexity index is 622. The number of carbonyl (C=O) groups is 2. The second-order valence-corrected chi connectivity index (χ2v) is 7.13. The quantitative estimate of drug-likeness (QED) is 0.778. The molecule has 0 heterocycles. The summed E-state index contributed by atoms with van der Waals surface area (Å²) in [6.07, 6.45) is 0.641. The molecule has 22 heavy (non-hydrogen) atoms. The average molecular weight is 327 g/mol. The molecule has 1 aromatic carbocycles. The number of aliphatic carboxylic acids is 1. The highest BCUT2D eigenvalue weighted by Gasteiger charge is 2.15. The van der Waals surface area contributed by atoms with Gasteiger partial charge in [-0.3, -0.25) is 9.59 Å². The van der Waals surface area contributed by atoms with Crippen molar-refractivity contribution < 1.29 is 23.1 Å². The summed E-state index contributed by atoms with van der Waals surface area (Å²) in [6, 6.07) is 6.44. The molecule has 1 aromatic rings. The van der Waals surface area contributed by atoms with Crippen molar-refractivity contribution in [3.05, 3.63) is 29.8 Å². The molecule has 0 atom stereocenters. The molecular weight excluding hydrogens is 306 g/mol. The Morgan fingerprint density at radius 3 is 2.18 bits per heavy atom. The number of amides is 1. The number of carboxylic acid groups (broad SMARTS) is 1. The van der Waals surface area contributed by atoms with Crippen LogP contribution in [0.3, 0.4) is 0 Å². The van der Waals surface area contributed by atoms with Crippen LogP contribution in [0.4, 0.5) is 0 Å². The summed E-state index contributed by atoms with van der Waals surface area (Å²) in [5.41, 5.74) is 0.842. The zero-order valence-electron chi connectivity index (χ0n) is 12.8. The molecule has 1 amide bonds. The number of benzene rings is 1. The molecule has 6 nitrogen and oxygen atoms in total. The van der Waals surface area contributed by atoms with Crippen LogP contribution in [0.15, 0.2) is 29.2 Å². The first kappa shape index (κ1) is 18.2. The second-order valence-electron chi connectivity index (χ2n) is 4.85. The van der Waals surface area contributed by atoms with Gasteiger partial charge in [-0.15, -0.1) is 0 Å². The summed E-state index contributed by atoms with van der Waals surface area (Å²) in [7, 11) is -3.22. The van der Waals surface area contributed by atoms with Gasteiger partial charge in [0.15, 0.2) is 9.84 Å². The highest BCUT2D eigenvalue weighted by Crippen LogP contribution is 2.13. The SMILES string of the molecule is CCN(CC(=O)O)C(=O)CCc1ccc(S(=O)(=O)CC)cc1. The Balaban J connectivity index is 2.65. The molecule has 1 rings (SSSR count). The van der Waals surface area contributed by atoms with Gasteiger partial charge in [-0.25, -0.2) is 8.42 Å². The van der Waals surface area contributed by atoms with E-state index in [4.69, 9.17) is 5.11 Å². The van der Waals surface area contributed by atoms with Gasteiger partial charge in [0.05, 0.1) is 10.6 Å². The molecule has 0 bridgehead atoms. The lowest BCUT2D eigenvalue weighted by Gasteiger charge is -2.18. The highest BCUT2D eigenvalue weighted by molar-refractivity contribution is 7.91. The van der Waals surface area contributed by atoms with E-state index in [1.807, 2.05) is 0 Å². The lowest BCUT2D eigenvalue weighted by atomic mass is 10.1. The minimum Gasteiger partial charge on any atom is -0.480 e. The zero-order chi connectivity index (χ0) is 16.8. The van der Waals surface area contributed by atoms with Crippen molar-refractivity contribution in [2.45, 2.75) is 31.6 Å². The Labute approximate surface area is 130 Å². The average Bonchev–Trinajstić information content (AvgIpc) is 2.50. The minimum absolute atomic E-state index is 0.0471. The van der Waals surface area contributed by atoms with Gasteiger partial charge >= 0.3 is 5.97 Å². The summed E-state index contributed by atoms with van der Waals surface area (Å²) in [5.74, 6) is -1.22. The van der Waals surface area contributed by atoms with Crippen LogP contribution < -0.4 is 0 Å². The number of aryl methyl sites for hydroxylation is 1. The van der Waals surface area contributed by atoms with E-state index in [-0.39, 0.29) is 29.5 Å². The molecule has 0 radical (unpaired) electrons. The van der Waals surface area contributed by atoms with Gasteiger partial charge in [-0.1, -0.05) is 19.1 Å². The number of sulfone groups is 1. The van der Waals surface area contributed by atoms with Crippen molar-refractivity contribution in [3.63, 3.8) is 0 Å². The van der Waals surface area contributed by atoms with Crippen LogP contribution in [-0.2, 0) is 25.8 Å². The van der Waals surface area contributed by atoms with Crippen LogP contribution >= 0.6 is 0 Å². The standard InChI is InChI=1S/C15H21NO5S/c1-3-16(11-15(18)19)14(17)10-7-12-5-8-13(9-6-12)22(20,21)4-2/h5-6,8-9H,3-4,7,10-11H2,1-2H3,(H,18,19). The summed E-state index contributed by atoms with van der Waals surface area (Å²) in [6.45, 7) is 3.36. The van der Waals surface area contributed by atoms with Crippen LogP contribution in [0, 0.1) is 0 Å². The van der Waals surface area contributed by atoms with E-state index < -0.39 is 15.8 Å². The van der Waals surface area contributed by atoms with Crippen LogP contribution in [0.25, 0.3) is 0 Å². The van der Waals surface area contributed by atoms with E-state index >= 15 is 0 Å². The predicted molar refractivity (Wildman–Crippen MR) is 82.4 cm³/mol. The van der Waals surface area contributed by atoms with Crippen LogP contribution in [0.5, 0.6) is 0 Å². The second kappa shape index (κ2) is 7.93. The van der Waals surface area contributed by atoms with Gasteiger partial charge < -0.3 is 10.0 Å². The lowest BCUT2D eigenvalue weighted by Crippen LogP contribution is -2.35. The fourth-order valence-electron chi connectivity index (χ4n) is 1.98. The van der Waals surface area contributed by atoms with E-state index in [2.05, 4.69) is 0 Å². The monoisotopic (exact) mass is 327 g/mol. The molecule has 1 N–H and O–H groups in total. The maximum Gasteiger partial charge on any atom is 0.323 e. The van der Waals surface area contributed by atoms with Crippen LogP contribution in [-0.4, -0.2) is 49.1 Å². The fourth-order valence-corrected chi connectivity index (χ4v) is 2.86. The Morgan fingerprint density at radius 2 is 1.73 bits per heavy atom. The van der Waals surface area contributed by atoms with Gasteiger partial charge in [-0.2, -0.15) is 0 Å².